The molecule has 0 saturated heterocycles. The van der Waals surface area contributed by atoms with E-state index in [1.54, 1.807) is 11.3 Å². The van der Waals surface area contributed by atoms with E-state index in [4.69, 9.17) is 0 Å². The van der Waals surface area contributed by atoms with Gasteiger partial charge >= 0.3 is 6.09 Å². The van der Waals surface area contributed by atoms with E-state index in [2.05, 4.69) is 15.4 Å². The number of carbonyl (C=O) groups excluding carboxylic acids is 2. The predicted octanol–water partition coefficient (Wildman–Crippen LogP) is 0.763. The van der Waals surface area contributed by atoms with Gasteiger partial charge in [-0.1, -0.05) is 6.07 Å². The zero-order chi connectivity index (χ0) is 11.8. The molecule has 6 heteroatoms. The molecular weight excluding hydrogens is 228 g/mol. The summed E-state index contributed by atoms with van der Waals surface area (Å²) in [5, 5.41) is 7.10. The summed E-state index contributed by atoms with van der Waals surface area (Å²) < 4.78 is 4.38. The largest absolute Gasteiger partial charge is 0.453 e. The molecule has 1 aromatic rings. The van der Waals surface area contributed by atoms with Gasteiger partial charge in [0.2, 0.25) is 5.91 Å². The second-order valence-electron chi connectivity index (χ2n) is 3.02. The zero-order valence-corrected chi connectivity index (χ0v) is 9.80. The molecule has 0 aliphatic carbocycles. The minimum absolute atomic E-state index is 0.0471. The van der Waals surface area contributed by atoms with Gasteiger partial charge in [0.15, 0.2) is 0 Å². The van der Waals surface area contributed by atoms with Crippen molar-refractivity contribution in [2.45, 2.75) is 6.42 Å². The minimum atomic E-state index is -0.493. The van der Waals surface area contributed by atoms with Crippen molar-refractivity contribution in [3.8, 4) is 0 Å². The molecule has 2 amide bonds. The van der Waals surface area contributed by atoms with Crippen molar-refractivity contribution < 1.29 is 14.3 Å². The van der Waals surface area contributed by atoms with E-state index in [-0.39, 0.29) is 5.91 Å². The summed E-state index contributed by atoms with van der Waals surface area (Å²) >= 11 is 1.55. The lowest BCUT2D eigenvalue weighted by Gasteiger charge is -2.05. The van der Waals surface area contributed by atoms with Crippen LogP contribution in [0.3, 0.4) is 0 Å². The number of hydrogen-bond donors (Lipinski definition) is 2. The van der Waals surface area contributed by atoms with Gasteiger partial charge < -0.3 is 15.4 Å². The van der Waals surface area contributed by atoms with Gasteiger partial charge in [-0.25, -0.2) is 4.79 Å². The van der Waals surface area contributed by atoms with Crippen LogP contribution in [-0.4, -0.2) is 32.2 Å². The topological polar surface area (TPSA) is 67.4 Å². The van der Waals surface area contributed by atoms with Gasteiger partial charge in [-0.05, 0) is 11.4 Å². The summed E-state index contributed by atoms with van der Waals surface area (Å²) in [4.78, 5) is 23.1. The maximum atomic E-state index is 11.4. The van der Waals surface area contributed by atoms with Crippen LogP contribution in [0.15, 0.2) is 17.5 Å². The van der Waals surface area contributed by atoms with E-state index in [0.717, 1.165) is 4.88 Å². The third kappa shape index (κ3) is 4.79. The Balaban J connectivity index is 2.09. The molecule has 0 bridgehead atoms. The first kappa shape index (κ1) is 12.5. The third-order valence-electron chi connectivity index (χ3n) is 1.82. The van der Waals surface area contributed by atoms with Crippen molar-refractivity contribution in [2.75, 3.05) is 20.2 Å². The van der Waals surface area contributed by atoms with Crippen molar-refractivity contribution in [1.29, 1.82) is 0 Å². The number of hydrogen-bond acceptors (Lipinski definition) is 4. The maximum absolute atomic E-state index is 11.4. The maximum Gasteiger partial charge on any atom is 0.406 e. The van der Waals surface area contributed by atoms with Gasteiger partial charge in [-0.3, -0.25) is 4.79 Å². The highest BCUT2D eigenvalue weighted by atomic mass is 32.1. The van der Waals surface area contributed by atoms with Crippen LogP contribution < -0.4 is 10.6 Å². The summed E-state index contributed by atoms with van der Waals surface area (Å²) in [5.41, 5.74) is 0. The standard InChI is InChI=1S/C10H14N2O3S/c1-15-10(14)12-5-4-11-9(13)7-8-3-2-6-16-8/h2-3,6H,4-5,7H2,1H3,(H,11,13)(H,12,14). The van der Waals surface area contributed by atoms with E-state index < -0.39 is 6.09 Å². The molecule has 0 atom stereocenters. The molecular formula is C10H14N2O3S. The van der Waals surface area contributed by atoms with Crippen LogP contribution in [0, 0.1) is 0 Å². The predicted molar refractivity (Wildman–Crippen MR) is 61.4 cm³/mol. The molecule has 0 unspecified atom stereocenters. The number of carbonyl (C=O) groups is 2. The normalized spacial score (nSPS) is 9.56. The molecule has 0 aromatic carbocycles. The summed E-state index contributed by atoms with van der Waals surface area (Å²) in [6, 6.07) is 3.82. The molecule has 88 valence electrons. The molecule has 16 heavy (non-hydrogen) atoms. The average Bonchev–Trinajstić information content (AvgIpc) is 2.76. The second kappa shape index (κ2) is 6.84. The molecule has 1 aromatic heterocycles. The smallest absolute Gasteiger partial charge is 0.406 e. The molecule has 0 radical (unpaired) electrons. The summed E-state index contributed by atoms with van der Waals surface area (Å²) in [6.45, 7) is 0.766. The van der Waals surface area contributed by atoms with Gasteiger partial charge in [-0.15, -0.1) is 11.3 Å². The summed E-state index contributed by atoms with van der Waals surface area (Å²) in [7, 11) is 1.30. The van der Waals surface area contributed by atoms with Gasteiger partial charge in [0.1, 0.15) is 0 Å². The molecule has 0 aliphatic heterocycles. The molecule has 0 fully saturated rings. The third-order valence-corrected chi connectivity index (χ3v) is 2.69. The van der Waals surface area contributed by atoms with Crippen LogP contribution >= 0.6 is 11.3 Å². The Labute approximate surface area is 97.8 Å². The van der Waals surface area contributed by atoms with Gasteiger partial charge in [0.25, 0.3) is 0 Å². The summed E-state index contributed by atoms with van der Waals surface area (Å²) in [6.07, 6.45) is -0.108. The Hall–Kier alpha value is -1.56. The lowest BCUT2D eigenvalue weighted by molar-refractivity contribution is -0.120. The van der Waals surface area contributed by atoms with Crippen molar-refractivity contribution in [2.24, 2.45) is 0 Å². The van der Waals surface area contributed by atoms with E-state index in [9.17, 15) is 9.59 Å². The highest BCUT2D eigenvalue weighted by molar-refractivity contribution is 7.10. The van der Waals surface area contributed by atoms with Gasteiger partial charge in [0, 0.05) is 18.0 Å². The number of alkyl carbamates (subject to hydrolysis) is 1. The van der Waals surface area contributed by atoms with Crippen molar-refractivity contribution in [1.82, 2.24) is 10.6 Å². The van der Waals surface area contributed by atoms with Crippen molar-refractivity contribution >= 4 is 23.3 Å². The first-order chi connectivity index (χ1) is 7.72. The SMILES string of the molecule is COC(=O)NCCNC(=O)Cc1cccs1. The van der Waals surface area contributed by atoms with E-state index in [1.807, 2.05) is 17.5 Å². The van der Waals surface area contributed by atoms with Crippen LogP contribution in [0.4, 0.5) is 4.79 Å². The van der Waals surface area contributed by atoms with E-state index in [0.29, 0.717) is 19.5 Å². The Kier molecular flexibility index (Phi) is 5.35. The Morgan fingerprint density at radius 2 is 2.12 bits per heavy atom. The van der Waals surface area contributed by atoms with Crippen molar-refractivity contribution in [3.63, 3.8) is 0 Å². The van der Waals surface area contributed by atoms with Crippen LogP contribution in [0.5, 0.6) is 0 Å². The fourth-order valence-electron chi connectivity index (χ4n) is 1.07. The monoisotopic (exact) mass is 242 g/mol. The number of amides is 2. The summed E-state index contributed by atoms with van der Waals surface area (Å²) in [5.74, 6) is -0.0471. The first-order valence-electron chi connectivity index (χ1n) is 4.83. The first-order valence-corrected chi connectivity index (χ1v) is 5.71. The molecule has 1 rings (SSSR count). The Morgan fingerprint density at radius 3 is 2.75 bits per heavy atom. The quantitative estimate of drug-likeness (QED) is 0.749. The molecule has 0 saturated carbocycles. The number of nitrogens with one attached hydrogen (secondary N) is 2. The highest BCUT2D eigenvalue weighted by Crippen LogP contribution is 2.08. The zero-order valence-electron chi connectivity index (χ0n) is 8.99. The number of rotatable bonds is 5. The molecule has 5 nitrogen and oxygen atoms in total. The van der Waals surface area contributed by atoms with Crippen molar-refractivity contribution in [3.05, 3.63) is 22.4 Å². The van der Waals surface area contributed by atoms with Gasteiger partial charge in [-0.2, -0.15) is 0 Å². The fraction of sp³-hybridized carbons (Fsp3) is 0.400. The van der Waals surface area contributed by atoms with Crippen LogP contribution in [0.2, 0.25) is 0 Å². The van der Waals surface area contributed by atoms with Crippen LogP contribution in [0.25, 0.3) is 0 Å². The number of methoxy groups -OCH3 is 1. The Morgan fingerprint density at radius 1 is 1.38 bits per heavy atom. The van der Waals surface area contributed by atoms with Crippen LogP contribution in [-0.2, 0) is 16.0 Å². The molecule has 2 N–H and O–H groups in total. The van der Waals surface area contributed by atoms with E-state index in [1.165, 1.54) is 7.11 Å². The molecule has 0 aliphatic rings. The number of thiophene rings is 1. The number of ether oxygens (including phenoxy) is 1. The second-order valence-corrected chi connectivity index (χ2v) is 4.06. The lowest BCUT2D eigenvalue weighted by Crippen LogP contribution is -2.35. The molecule has 1 heterocycles. The minimum Gasteiger partial charge on any atom is -0.453 e. The molecule has 0 spiro atoms. The average molecular weight is 242 g/mol. The highest BCUT2D eigenvalue weighted by Gasteiger charge is 2.03. The fourth-order valence-corrected chi connectivity index (χ4v) is 1.78. The van der Waals surface area contributed by atoms with E-state index >= 15 is 0 Å². The van der Waals surface area contributed by atoms with Crippen LogP contribution in [0.1, 0.15) is 4.88 Å². The van der Waals surface area contributed by atoms with Gasteiger partial charge in [0.05, 0.1) is 13.5 Å². The lowest BCUT2D eigenvalue weighted by atomic mass is 10.3. The Bertz CT molecular complexity index is 338.